The van der Waals surface area contributed by atoms with Crippen LogP contribution < -0.4 is 5.32 Å². The standard InChI is InChI=1S/C20H35N3O4/c1-3-5-6-11-21-18(24)16-7-9-17(10-8-16)19(25)22-12-14-23(15-13-22)20(26)27-4-2/h16-17H,3-15H2,1-2H3,(H,21,24). The number of unbranched alkanes of at least 4 members (excludes halogenated alkanes) is 2. The fraction of sp³-hybridized carbons (Fsp3) is 0.850. The molecule has 0 aromatic rings. The normalized spacial score (nSPS) is 23.0. The number of carbonyl (C=O) groups is 3. The van der Waals surface area contributed by atoms with E-state index in [0.717, 1.165) is 51.5 Å². The van der Waals surface area contributed by atoms with Gasteiger partial charge >= 0.3 is 6.09 Å². The van der Waals surface area contributed by atoms with Gasteiger partial charge in [0, 0.05) is 44.6 Å². The molecular weight excluding hydrogens is 346 g/mol. The van der Waals surface area contributed by atoms with E-state index in [0.29, 0.717) is 32.8 Å². The lowest BCUT2D eigenvalue weighted by atomic mass is 9.81. The molecule has 1 N–H and O–H groups in total. The summed E-state index contributed by atoms with van der Waals surface area (Å²) in [7, 11) is 0. The average Bonchev–Trinajstić information content (AvgIpc) is 2.71. The van der Waals surface area contributed by atoms with Crippen molar-refractivity contribution in [3.63, 3.8) is 0 Å². The lowest BCUT2D eigenvalue weighted by Crippen LogP contribution is -2.52. The Morgan fingerprint density at radius 1 is 0.889 bits per heavy atom. The summed E-state index contributed by atoms with van der Waals surface area (Å²) in [5, 5.41) is 3.04. The summed E-state index contributed by atoms with van der Waals surface area (Å²) < 4.78 is 5.01. The van der Waals surface area contributed by atoms with Crippen LogP contribution in [0, 0.1) is 11.8 Å². The molecule has 7 nitrogen and oxygen atoms in total. The molecule has 0 aromatic carbocycles. The van der Waals surface area contributed by atoms with Crippen LogP contribution in [0.15, 0.2) is 0 Å². The van der Waals surface area contributed by atoms with Crippen LogP contribution in [0.25, 0.3) is 0 Å². The molecule has 1 saturated carbocycles. The van der Waals surface area contributed by atoms with Gasteiger partial charge in [0.15, 0.2) is 0 Å². The van der Waals surface area contributed by atoms with E-state index in [9.17, 15) is 14.4 Å². The Kier molecular flexibility index (Phi) is 8.88. The summed E-state index contributed by atoms with van der Waals surface area (Å²) in [4.78, 5) is 40.3. The van der Waals surface area contributed by atoms with Gasteiger partial charge in [0.25, 0.3) is 0 Å². The van der Waals surface area contributed by atoms with Crippen LogP contribution in [0.5, 0.6) is 0 Å². The van der Waals surface area contributed by atoms with E-state index in [4.69, 9.17) is 4.74 Å². The van der Waals surface area contributed by atoms with Gasteiger partial charge in [-0.05, 0) is 39.0 Å². The molecule has 1 aliphatic carbocycles. The predicted molar refractivity (Wildman–Crippen MR) is 103 cm³/mol. The first kappa shape index (κ1) is 21.5. The van der Waals surface area contributed by atoms with Crippen molar-refractivity contribution in [2.24, 2.45) is 11.8 Å². The van der Waals surface area contributed by atoms with Crippen LogP contribution in [-0.2, 0) is 14.3 Å². The Morgan fingerprint density at radius 2 is 1.48 bits per heavy atom. The number of amides is 3. The van der Waals surface area contributed by atoms with E-state index >= 15 is 0 Å². The van der Waals surface area contributed by atoms with Gasteiger partial charge in [-0.15, -0.1) is 0 Å². The molecule has 0 spiro atoms. The average molecular weight is 382 g/mol. The molecule has 7 heteroatoms. The van der Waals surface area contributed by atoms with E-state index in [1.807, 2.05) is 4.90 Å². The third kappa shape index (κ3) is 6.40. The maximum Gasteiger partial charge on any atom is 0.409 e. The van der Waals surface area contributed by atoms with Gasteiger partial charge in [-0.2, -0.15) is 0 Å². The minimum absolute atomic E-state index is 0.0169. The van der Waals surface area contributed by atoms with Gasteiger partial charge in [0.1, 0.15) is 0 Å². The number of piperazine rings is 1. The van der Waals surface area contributed by atoms with Crippen LogP contribution in [0.2, 0.25) is 0 Å². The summed E-state index contributed by atoms with van der Waals surface area (Å²) in [6, 6.07) is 0. The second kappa shape index (κ2) is 11.1. The fourth-order valence-electron chi connectivity index (χ4n) is 3.92. The molecule has 0 unspecified atom stereocenters. The van der Waals surface area contributed by atoms with Gasteiger partial charge in [0.2, 0.25) is 11.8 Å². The minimum atomic E-state index is -0.296. The molecule has 1 saturated heterocycles. The molecule has 27 heavy (non-hydrogen) atoms. The maximum atomic E-state index is 12.8. The highest BCUT2D eigenvalue weighted by molar-refractivity contribution is 5.81. The largest absolute Gasteiger partial charge is 0.450 e. The van der Waals surface area contributed by atoms with E-state index in [-0.39, 0.29) is 29.7 Å². The van der Waals surface area contributed by atoms with Crippen LogP contribution in [0.1, 0.15) is 58.8 Å². The van der Waals surface area contributed by atoms with Crippen LogP contribution in [0.3, 0.4) is 0 Å². The molecule has 0 aromatic heterocycles. The van der Waals surface area contributed by atoms with Crippen molar-refractivity contribution < 1.29 is 19.1 Å². The molecule has 2 aliphatic rings. The van der Waals surface area contributed by atoms with E-state index in [2.05, 4.69) is 12.2 Å². The summed E-state index contributed by atoms with van der Waals surface area (Å²) in [5.74, 6) is 0.403. The van der Waals surface area contributed by atoms with Crippen molar-refractivity contribution in [3.05, 3.63) is 0 Å². The summed E-state index contributed by atoms with van der Waals surface area (Å²) >= 11 is 0. The second-order valence-electron chi connectivity index (χ2n) is 7.56. The first-order valence-electron chi connectivity index (χ1n) is 10.5. The summed E-state index contributed by atoms with van der Waals surface area (Å²) in [6.07, 6.45) is 6.18. The molecule has 0 radical (unpaired) electrons. The third-order valence-corrected chi connectivity index (χ3v) is 5.64. The quantitative estimate of drug-likeness (QED) is 0.687. The number of carbonyl (C=O) groups excluding carboxylic acids is 3. The Labute approximate surface area is 162 Å². The van der Waals surface area contributed by atoms with E-state index < -0.39 is 0 Å². The Morgan fingerprint density at radius 3 is 2.07 bits per heavy atom. The highest BCUT2D eigenvalue weighted by Crippen LogP contribution is 2.30. The molecular formula is C20H35N3O4. The molecule has 154 valence electrons. The minimum Gasteiger partial charge on any atom is -0.450 e. The molecule has 0 atom stereocenters. The van der Waals surface area contributed by atoms with E-state index in [1.165, 1.54) is 0 Å². The summed E-state index contributed by atoms with van der Waals surface area (Å²) in [5.41, 5.74) is 0. The van der Waals surface area contributed by atoms with Gasteiger partial charge in [-0.25, -0.2) is 4.79 Å². The zero-order chi connectivity index (χ0) is 19.6. The van der Waals surface area contributed by atoms with Crippen molar-refractivity contribution in [1.82, 2.24) is 15.1 Å². The van der Waals surface area contributed by atoms with Crippen molar-refractivity contribution in [2.45, 2.75) is 58.8 Å². The predicted octanol–water partition coefficient (Wildman–Crippen LogP) is 2.40. The number of hydrogen-bond donors (Lipinski definition) is 1. The molecule has 0 bridgehead atoms. The molecule has 1 heterocycles. The monoisotopic (exact) mass is 381 g/mol. The van der Waals surface area contributed by atoms with Gasteiger partial charge in [-0.1, -0.05) is 19.8 Å². The van der Waals surface area contributed by atoms with Crippen LogP contribution in [0.4, 0.5) is 4.79 Å². The van der Waals surface area contributed by atoms with Gasteiger partial charge < -0.3 is 19.9 Å². The molecule has 2 fully saturated rings. The molecule has 3 amide bonds. The maximum absolute atomic E-state index is 12.8. The zero-order valence-corrected chi connectivity index (χ0v) is 16.9. The number of ether oxygens (including phenoxy) is 1. The SMILES string of the molecule is CCCCCNC(=O)C1CCC(C(=O)N2CCN(C(=O)OCC)CC2)CC1. The smallest absolute Gasteiger partial charge is 0.409 e. The topological polar surface area (TPSA) is 79.0 Å². The van der Waals surface area contributed by atoms with Crippen molar-refractivity contribution in [1.29, 1.82) is 0 Å². The molecule has 1 aliphatic heterocycles. The van der Waals surface area contributed by atoms with Crippen LogP contribution in [-0.4, -0.2) is 67.0 Å². The lowest BCUT2D eigenvalue weighted by Gasteiger charge is -2.37. The number of hydrogen-bond acceptors (Lipinski definition) is 4. The van der Waals surface area contributed by atoms with Crippen molar-refractivity contribution in [2.75, 3.05) is 39.3 Å². The van der Waals surface area contributed by atoms with Gasteiger partial charge in [-0.3, -0.25) is 9.59 Å². The van der Waals surface area contributed by atoms with Crippen molar-refractivity contribution in [3.8, 4) is 0 Å². The number of nitrogens with one attached hydrogen (secondary N) is 1. The molecule has 2 rings (SSSR count). The van der Waals surface area contributed by atoms with Crippen molar-refractivity contribution >= 4 is 17.9 Å². The zero-order valence-electron chi connectivity index (χ0n) is 16.9. The number of rotatable bonds is 7. The Bertz CT molecular complexity index is 495. The van der Waals surface area contributed by atoms with Crippen LogP contribution >= 0.6 is 0 Å². The van der Waals surface area contributed by atoms with Gasteiger partial charge in [0.05, 0.1) is 6.61 Å². The second-order valence-corrected chi connectivity index (χ2v) is 7.56. The highest BCUT2D eigenvalue weighted by atomic mass is 16.6. The first-order valence-corrected chi connectivity index (χ1v) is 10.5. The first-order chi connectivity index (χ1) is 13.1. The lowest BCUT2D eigenvalue weighted by molar-refractivity contribution is -0.139. The number of nitrogens with zero attached hydrogens (tertiary/aromatic N) is 2. The fourth-order valence-corrected chi connectivity index (χ4v) is 3.92. The highest BCUT2D eigenvalue weighted by Gasteiger charge is 2.33. The Balaban J connectivity index is 1.69. The Hall–Kier alpha value is -1.79. The summed E-state index contributed by atoms with van der Waals surface area (Å²) in [6.45, 7) is 7.26. The van der Waals surface area contributed by atoms with E-state index in [1.54, 1.807) is 11.8 Å². The third-order valence-electron chi connectivity index (χ3n) is 5.64.